The van der Waals surface area contributed by atoms with Gasteiger partial charge in [0.2, 0.25) is 0 Å². The number of allylic oxidation sites excluding steroid dienone is 1. The molecular weight excluding hydrogens is 306 g/mol. The first-order chi connectivity index (χ1) is 11.5. The quantitative estimate of drug-likeness (QED) is 0.793. The van der Waals surface area contributed by atoms with E-state index < -0.39 is 5.97 Å². The molecule has 0 aliphatic rings. The van der Waals surface area contributed by atoms with Gasteiger partial charge in [-0.15, -0.1) is 0 Å². The Morgan fingerprint density at radius 2 is 1.58 bits per heavy atom. The maximum Gasteiger partial charge on any atom is 0.303 e. The zero-order valence-corrected chi connectivity index (χ0v) is 13.2. The zero-order valence-electron chi connectivity index (χ0n) is 13.2. The van der Waals surface area contributed by atoms with E-state index in [4.69, 9.17) is 9.84 Å². The van der Waals surface area contributed by atoms with Crippen molar-refractivity contribution < 1.29 is 19.7 Å². The molecule has 0 amide bonds. The first-order valence-corrected chi connectivity index (χ1v) is 7.34. The number of methoxy groups -OCH3 is 1. The van der Waals surface area contributed by atoms with Crippen LogP contribution in [-0.2, 0) is 4.79 Å². The van der Waals surface area contributed by atoms with Crippen LogP contribution in [0.2, 0.25) is 0 Å². The van der Waals surface area contributed by atoms with Crippen molar-refractivity contribution in [2.75, 3.05) is 7.11 Å². The average molecular weight is 323 g/mol. The molecule has 2 aromatic carbocycles. The van der Waals surface area contributed by atoms with Gasteiger partial charge in [-0.05, 0) is 41.8 Å². The van der Waals surface area contributed by atoms with Crippen LogP contribution in [0, 0.1) is 11.3 Å². The predicted molar refractivity (Wildman–Crippen MR) is 89.6 cm³/mol. The van der Waals surface area contributed by atoms with Crippen LogP contribution in [0.15, 0.2) is 54.1 Å². The molecule has 5 heteroatoms. The first-order valence-electron chi connectivity index (χ1n) is 7.34. The Labute approximate surface area is 140 Å². The Kier molecular flexibility index (Phi) is 5.58. The second-order valence-corrected chi connectivity index (χ2v) is 5.13. The number of carbonyl (C=O) groups is 1. The molecule has 24 heavy (non-hydrogen) atoms. The van der Waals surface area contributed by atoms with Crippen LogP contribution < -0.4 is 4.74 Å². The summed E-state index contributed by atoms with van der Waals surface area (Å²) in [6, 6.07) is 15.8. The van der Waals surface area contributed by atoms with Crippen LogP contribution in [-0.4, -0.2) is 23.3 Å². The van der Waals surface area contributed by atoms with Crippen LogP contribution in [0.3, 0.4) is 0 Å². The average Bonchev–Trinajstić information content (AvgIpc) is 2.60. The SMILES string of the molecule is COc1ccc(/C(=C(\C#N)CCC(=O)O)c2ccc(O)cc2)cc1. The molecule has 0 aromatic heterocycles. The van der Waals surface area contributed by atoms with Gasteiger partial charge in [0.05, 0.1) is 19.6 Å². The number of hydrogen-bond donors (Lipinski definition) is 2. The second-order valence-electron chi connectivity index (χ2n) is 5.13. The summed E-state index contributed by atoms with van der Waals surface area (Å²) in [5.74, 6) is -0.146. The van der Waals surface area contributed by atoms with Gasteiger partial charge in [-0.2, -0.15) is 5.26 Å². The fraction of sp³-hybridized carbons (Fsp3) is 0.158. The van der Waals surface area contributed by atoms with Crippen molar-refractivity contribution in [3.05, 3.63) is 65.2 Å². The highest BCUT2D eigenvalue weighted by Crippen LogP contribution is 2.31. The van der Waals surface area contributed by atoms with Gasteiger partial charge in [0, 0.05) is 11.1 Å². The number of aromatic hydroxyl groups is 1. The van der Waals surface area contributed by atoms with E-state index in [-0.39, 0.29) is 18.6 Å². The molecule has 2 rings (SSSR count). The third-order valence-electron chi connectivity index (χ3n) is 3.56. The summed E-state index contributed by atoms with van der Waals surface area (Å²) >= 11 is 0. The molecule has 0 aliphatic heterocycles. The van der Waals surface area contributed by atoms with Crippen LogP contribution >= 0.6 is 0 Å². The Morgan fingerprint density at radius 1 is 1.04 bits per heavy atom. The Morgan fingerprint density at radius 3 is 2.04 bits per heavy atom. The number of hydrogen-bond acceptors (Lipinski definition) is 4. The van der Waals surface area contributed by atoms with E-state index in [0.717, 1.165) is 11.1 Å². The lowest BCUT2D eigenvalue weighted by Crippen LogP contribution is -1.99. The zero-order chi connectivity index (χ0) is 17.5. The van der Waals surface area contributed by atoms with Crippen LogP contribution in [0.25, 0.3) is 5.57 Å². The topological polar surface area (TPSA) is 90.5 Å². The van der Waals surface area contributed by atoms with Crippen LogP contribution in [0.5, 0.6) is 11.5 Å². The molecule has 122 valence electrons. The largest absolute Gasteiger partial charge is 0.508 e. The van der Waals surface area contributed by atoms with Gasteiger partial charge in [-0.3, -0.25) is 4.79 Å². The monoisotopic (exact) mass is 323 g/mol. The van der Waals surface area contributed by atoms with E-state index in [1.165, 1.54) is 12.1 Å². The standard InChI is InChI=1S/C19H17NO4/c1-24-17-9-4-14(5-10-17)19(13-2-7-16(21)8-3-13)15(12-20)6-11-18(22)23/h2-5,7-10,21H,6,11H2,1H3,(H,22,23)/b19-15-. The number of phenols is 1. The number of rotatable bonds is 6. The lowest BCUT2D eigenvalue weighted by Gasteiger charge is -2.12. The van der Waals surface area contributed by atoms with Crippen LogP contribution in [0.1, 0.15) is 24.0 Å². The van der Waals surface area contributed by atoms with Gasteiger partial charge in [-0.25, -0.2) is 0 Å². The lowest BCUT2D eigenvalue weighted by molar-refractivity contribution is -0.136. The Bertz CT molecular complexity index is 784. The highest BCUT2D eigenvalue weighted by Gasteiger charge is 2.14. The van der Waals surface area contributed by atoms with Gasteiger partial charge >= 0.3 is 5.97 Å². The van der Waals surface area contributed by atoms with E-state index in [0.29, 0.717) is 16.9 Å². The van der Waals surface area contributed by atoms with E-state index in [1.54, 1.807) is 31.4 Å². The van der Waals surface area contributed by atoms with Crippen molar-refractivity contribution in [3.8, 4) is 17.6 Å². The van der Waals surface area contributed by atoms with Crippen molar-refractivity contribution in [1.82, 2.24) is 0 Å². The third-order valence-corrected chi connectivity index (χ3v) is 3.56. The Balaban J connectivity index is 2.56. The smallest absolute Gasteiger partial charge is 0.303 e. The van der Waals surface area contributed by atoms with E-state index in [9.17, 15) is 15.2 Å². The number of nitriles is 1. The fourth-order valence-corrected chi connectivity index (χ4v) is 2.37. The molecule has 0 fully saturated rings. The summed E-state index contributed by atoms with van der Waals surface area (Å²) < 4.78 is 5.14. The third kappa shape index (κ3) is 4.14. The minimum Gasteiger partial charge on any atom is -0.508 e. The number of phenolic OH excluding ortho intramolecular Hbond substituents is 1. The molecule has 0 heterocycles. The summed E-state index contributed by atoms with van der Waals surface area (Å²) in [4.78, 5) is 10.9. The highest BCUT2D eigenvalue weighted by molar-refractivity contribution is 5.85. The molecule has 0 radical (unpaired) electrons. The molecule has 0 spiro atoms. The maximum atomic E-state index is 10.9. The van der Waals surface area contributed by atoms with Gasteiger partial charge in [-0.1, -0.05) is 24.3 Å². The summed E-state index contributed by atoms with van der Waals surface area (Å²) in [7, 11) is 1.57. The molecule has 0 saturated carbocycles. The summed E-state index contributed by atoms with van der Waals surface area (Å²) in [6.07, 6.45) is 0.00863. The summed E-state index contributed by atoms with van der Waals surface area (Å²) in [5.41, 5.74) is 2.55. The molecule has 2 aromatic rings. The lowest BCUT2D eigenvalue weighted by atomic mass is 9.91. The number of carboxylic acids is 1. The summed E-state index contributed by atoms with van der Waals surface area (Å²) in [5, 5.41) is 27.9. The second kappa shape index (κ2) is 7.84. The number of carboxylic acid groups (broad SMARTS) is 1. The molecule has 0 bridgehead atoms. The Hall–Kier alpha value is -3.26. The van der Waals surface area contributed by atoms with Crippen LogP contribution in [0.4, 0.5) is 0 Å². The van der Waals surface area contributed by atoms with Gasteiger partial charge in [0.1, 0.15) is 11.5 Å². The molecule has 0 saturated heterocycles. The minimum absolute atomic E-state index is 0.122. The molecule has 5 nitrogen and oxygen atoms in total. The van der Waals surface area contributed by atoms with E-state index >= 15 is 0 Å². The molecule has 0 aliphatic carbocycles. The first kappa shape index (κ1) is 17.1. The van der Waals surface area contributed by atoms with Gasteiger partial charge in [0.15, 0.2) is 0 Å². The van der Waals surface area contributed by atoms with E-state index in [2.05, 4.69) is 6.07 Å². The number of aliphatic carboxylic acids is 1. The number of benzene rings is 2. The van der Waals surface area contributed by atoms with Gasteiger partial charge in [0.25, 0.3) is 0 Å². The number of nitrogens with zero attached hydrogens (tertiary/aromatic N) is 1. The maximum absolute atomic E-state index is 10.9. The van der Waals surface area contributed by atoms with Crippen molar-refractivity contribution >= 4 is 11.5 Å². The molecular formula is C19H17NO4. The van der Waals surface area contributed by atoms with Crippen molar-refractivity contribution in [3.63, 3.8) is 0 Å². The fourth-order valence-electron chi connectivity index (χ4n) is 2.37. The van der Waals surface area contributed by atoms with Crippen molar-refractivity contribution in [1.29, 1.82) is 5.26 Å². The molecule has 0 unspecified atom stereocenters. The van der Waals surface area contributed by atoms with Gasteiger partial charge < -0.3 is 14.9 Å². The number of ether oxygens (including phenoxy) is 1. The summed E-state index contributed by atoms with van der Waals surface area (Å²) in [6.45, 7) is 0. The highest BCUT2D eigenvalue weighted by atomic mass is 16.5. The normalized spacial score (nSPS) is 11.3. The minimum atomic E-state index is -0.956. The molecule has 0 atom stereocenters. The van der Waals surface area contributed by atoms with E-state index in [1.807, 2.05) is 12.1 Å². The molecule has 2 N–H and O–H groups in total. The predicted octanol–water partition coefficient (Wildman–Crippen LogP) is 3.59. The van der Waals surface area contributed by atoms with Crippen molar-refractivity contribution in [2.24, 2.45) is 0 Å². The van der Waals surface area contributed by atoms with Crippen molar-refractivity contribution in [2.45, 2.75) is 12.8 Å².